The molecule has 76 heavy (non-hydrogen) atoms. The maximum atomic E-state index is 12.5. The number of ether oxygens (including phenoxy) is 2. The molecule has 0 bridgehead atoms. The van der Waals surface area contributed by atoms with Crippen LogP contribution in [0.1, 0.15) is 174 Å². The van der Waals surface area contributed by atoms with Crippen LogP contribution in [0, 0.1) is 11.8 Å². The molecule has 2 heterocycles. The molecule has 0 saturated carbocycles. The minimum atomic E-state index is 0.00866. The van der Waals surface area contributed by atoms with Crippen LogP contribution < -0.4 is 30.7 Å². The van der Waals surface area contributed by atoms with Crippen molar-refractivity contribution < 1.29 is 39.0 Å². The van der Waals surface area contributed by atoms with E-state index in [1.165, 1.54) is 14.2 Å². The molecule has 22 heteroatoms. The second-order valence-electron chi connectivity index (χ2n) is 18.4. The summed E-state index contributed by atoms with van der Waals surface area (Å²) in [6, 6.07) is 1.27. The molecule has 432 valence electrons. The fourth-order valence-electron chi connectivity index (χ4n) is 7.91. The van der Waals surface area contributed by atoms with Crippen LogP contribution in [0.2, 0.25) is 0 Å². The van der Waals surface area contributed by atoms with Crippen LogP contribution in [0.3, 0.4) is 0 Å². The first kappa shape index (κ1) is 68.9. The van der Waals surface area contributed by atoms with Gasteiger partial charge in [0.25, 0.3) is 0 Å². The van der Waals surface area contributed by atoms with E-state index in [9.17, 15) is 19.8 Å². The smallest absolute Gasteiger partial charge is 0.322 e. The Balaban J connectivity index is 0.000000512. The second kappa shape index (κ2) is 40.1. The summed E-state index contributed by atoms with van der Waals surface area (Å²) >= 11 is 3.80. The molecule has 0 aliphatic heterocycles. The third kappa shape index (κ3) is 26.8. The molecule has 0 aromatic carbocycles. The van der Waals surface area contributed by atoms with Crippen LogP contribution in [0.4, 0.5) is 23.8 Å². The van der Waals surface area contributed by atoms with Gasteiger partial charge < -0.3 is 50.6 Å². The van der Waals surface area contributed by atoms with Crippen LogP contribution in [0.5, 0.6) is 12.0 Å². The summed E-state index contributed by atoms with van der Waals surface area (Å²) in [6.45, 7) is 31.2. The number of rotatable bonds is 30. The molecule has 6 unspecified atom stereocenters. The lowest BCUT2D eigenvalue weighted by molar-refractivity contribution is -0.117. The van der Waals surface area contributed by atoms with E-state index in [0.29, 0.717) is 133 Å². The predicted octanol–water partition coefficient (Wildman–Crippen LogP) is 12.0. The van der Waals surface area contributed by atoms with E-state index >= 15 is 0 Å². The molecule has 6 atom stereocenters. The summed E-state index contributed by atoms with van der Waals surface area (Å²) in [6.07, 6.45) is 9.12. The molecule has 2 aromatic heterocycles. The second-order valence-corrected chi connectivity index (χ2v) is 21.8. The number of oxime groups is 2. The van der Waals surface area contributed by atoms with Crippen molar-refractivity contribution in [3.63, 3.8) is 0 Å². The molecule has 0 saturated heterocycles. The van der Waals surface area contributed by atoms with Crippen LogP contribution in [-0.4, -0.2) is 138 Å². The van der Waals surface area contributed by atoms with Crippen LogP contribution in [0.15, 0.2) is 33.0 Å². The van der Waals surface area contributed by atoms with Gasteiger partial charge in [-0.3, -0.25) is 9.59 Å². The molecular formula is C54H96N12O8S2. The molecule has 0 spiro atoms. The van der Waals surface area contributed by atoms with Crippen LogP contribution >= 0.6 is 23.5 Å². The van der Waals surface area contributed by atoms with Crippen molar-refractivity contribution in [3.05, 3.63) is 22.7 Å². The molecule has 0 fully saturated rings. The predicted molar refractivity (Wildman–Crippen MR) is 315 cm³/mol. The van der Waals surface area contributed by atoms with Gasteiger partial charge in [-0.1, -0.05) is 78.5 Å². The summed E-state index contributed by atoms with van der Waals surface area (Å²) in [7, 11) is 3.08. The van der Waals surface area contributed by atoms with Crippen molar-refractivity contribution >= 4 is 70.3 Å². The van der Waals surface area contributed by atoms with Crippen molar-refractivity contribution in [2.75, 3.05) is 73.3 Å². The number of aromatic nitrogens is 6. The van der Waals surface area contributed by atoms with E-state index in [-0.39, 0.29) is 34.9 Å². The normalized spacial score (nSPS) is 17.3. The van der Waals surface area contributed by atoms with Gasteiger partial charge in [-0.25, -0.2) is 0 Å². The number of thioether (sulfide) groups is 2. The van der Waals surface area contributed by atoms with Gasteiger partial charge in [0.15, 0.2) is 11.6 Å². The van der Waals surface area contributed by atoms with Crippen LogP contribution in [0.25, 0.3) is 0 Å². The number of anilines is 4. The summed E-state index contributed by atoms with van der Waals surface area (Å²) < 4.78 is 10.0. The quantitative estimate of drug-likeness (QED) is 0.0314. The SMILES string of the molecule is CCC/C(=N/OCC)C1=C(O)CC(CC(C)SCC)CC1=O.CCC/C(=N\OCC)C1=C(O)CC(CC(C)SCC)CC1=O.CCNc1nc(NC(C)CC)nc(OC)n1.CCNc1nc(NC(C)CC)nc(OC)n1. The van der Waals surface area contributed by atoms with Gasteiger partial charge in [-0.05, 0) is 103 Å². The Morgan fingerprint density at radius 3 is 1.20 bits per heavy atom. The Bertz CT molecular complexity index is 1970. The van der Waals surface area contributed by atoms with Crippen molar-refractivity contribution in [3.8, 4) is 12.0 Å². The maximum absolute atomic E-state index is 12.5. The van der Waals surface area contributed by atoms with E-state index in [4.69, 9.17) is 19.1 Å². The van der Waals surface area contributed by atoms with Crippen molar-refractivity contribution in [1.29, 1.82) is 0 Å². The number of ketones is 2. The van der Waals surface area contributed by atoms with Gasteiger partial charge in [0.1, 0.15) is 24.7 Å². The molecule has 20 nitrogen and oxygen atoms in total. The third-order valence-corrected chi connectivity index (χ3v) is 13.9. The first-order chi connectivity index (χ1) is 36.4. The summed E-state index contributed by atoms with van der Waals surface area (Å²) in [4.78, 5) is 60.0. The molecule has 0 amide bonds. The highest BCUT2D eigenvalue weighted by molar-refractivity contribution is 8.00. The standard InChI is InChI=1S/2C17H29NO3S.2C10H19N5O/c2*1-5-8-14(18-21-6-2)17-15(19)10-13(11-16(17)20)9-12(4)22-7-3;2*1-5-7(3)12-9-13-8(11-6-2)14-10(15-9)16-4/h2*12-13,19H,5-11H2,1-4H3;2*7H,5-6H2,1-4H3,(H2,11,12,13,14,15)/b18-14+;18-14-;;. The fraction of sp³-hybridized carbons (Fsp3) is 0.741. The van der Waals surface area contributed by atoms with Gasteiger partial charge in [-0.15, -0.1) is 0 Å². The Kier molecular flexibility index (Phi) is 36.4. The molecule has 2 aliphatic carbocycles. The monoisotopic (exact) mass is 1100 g/mol. The number of hydrogen-bond acceptors (Lipinski definition) is 22. The highest BCUT2D eigenvalue weighted by Crippen LogP contribution is 2.34. The zero-order valence-electron chi connectivity index (χ0n) is 48.9. The summed E-state index contributed by atoms with van der Waals surface area (Å²) in [5.41, 5.74) is 2.01. The Morgan fingerprint density at radius 1 is 0.566 bits per heavy atom. The van der Waals surface area contributed by atoms with E-state index in [1.54, 1.807) is 0 Å². The summed E-state index contributed by atoms with van der Waals surface area (Å²) in [5, 5.41) is 42.3. The lowest BCUT2D eigenvalue weighted by atomic mass is 9.82. The number of methoxy groups -OCH3 is 2. The number of aliphatic hydroxyl groups is 2. The van der Waals surface area contributed by atoms with Crippen molar-refractivity contribution in [2.45, 2.75) is 197 Å². The highest BCUT2D eigenvalue weighted by atomic mass is 32.2. The van der Waals surface area contributed by atoms with Crippen molar-refractivity contribution in [2.24, 2.45) is 22.1 Å². The average molecular weight is 1110 g/mol. The number of carbonyl (C=O) groups is 2. The van der Waals surface area contributed by atoms with Gasteiger partial charge in [0.05, 0.1) is 36.8 Å². The first-order valence-corrected chi connectivity index (χ1v) is 29.7. The first-order valence-electron chi connectivity index (χ1n) is 27.6. The van der Waals surface area contributed by atoms with Gasteiger partial charge >= 0.3 is 12.0 Å². The zero-order chi connectivity index (χ0) is 57.0. The third-order valence-electron chi connectivity index (χ3n) is 11.7. The molecule has 2 aliphatic rings. The van der Waals surface area contributed by atoms with E-state index in [0.717, 1.165) is 63.1 Å². The number of Topliss-reactive ketones (excluding diaryl/α,β-unsaturated/α-hetero) is 2. The number of allylic oxidation sites excluding steroid dienone is 4. The minimum Gasteiger partial charge on any atom is -0.511 e. The van der Waals surface area contributed by atoms with E-state index < -0.39 is 0 Å². The minimum absolute atomic E-state index is 0.00866. The number of aliphatic hydroxyl groups excluding tert-OH is 2. The molecule has 0 radical (unpaired) electrons. The average Bonchev–Trinajstić information content (AvgIpc) is 3.37. The van der Waals surface area contributed by atoms with E-state index in [1.807, 2.05) is 65.1 Å². The number of carbonyl (C=O) groups excluding carboxylic acids is 2. The van der Waals surface area contributed by atoms with Gasteiger partial charge in [-0.2, -0.15) is 53.4 Å². The van der Waals surface area contributed by atoms with Gasteiger partial charge in [0, 0.05) is 61.4 Å². The molecule has 4 rings (SSSR count). The summed E-state index contributed by atoms with van der Waals surface area (Å²) in [5.74, 6) is 5.18. The Labute approximate surface area is 463 Å². The molecule has 6 N–H and O–H groups in total. The number of nitrogens with zero attached hydrogens (tertiary/aromatic N) is 8. The van der Waals surface area contributed by atoms with Crippen LogP contribution in [-0.2, 0) is 19.3 Å². The number of hydrogen-bond donors (Lipinski definition) is 6. The lowest BCUT2D eigenvalue weighted by Gasteiger charge is -2.25. The number of nitrogens with one attached hydrogen (secondary N) is 4. The van der Waals surface area contributed by atoms with Crippen molar-refractivity contribution in [1.82, 2.24) is 29.9 Å². The Morgan fingerprint density at radius 2 is 0.921 bits per heavy atom. The fourth-order valence-corrected chi connectivity index (χ4v) is 9.87. The maximum Gasteiger partial charge on any atom is 0.322 e. The molecule has 2 aromatic rings. The zero-order valence-corrected chi connectivity index (χ0v) is 50.6. The lowest BCUT2D eigenvalue weighted by Crippen LogP contribution is -2.26. The van der Waals surface area contributed by atoms with E-state index in [2.05, 4.69) is 117 Å². The topological polar surface area (TPSA) is 262 Å². The van der Waals surface area contributed by atoms with Gasteiger partial charge in [0.2, 0.25) is 23.8 Å². The highest BCUT2D eigenvalue weighted by Gasteiger charge is 2.33. The molecular weight excluding hydrogens is 1010 g/mol. The Hall–Kier alpha value is -5.12. The largest absolute Gasteiger partial charge is 0.511 e.